The number of rotatable bonds is 2. The average molecular weight is 238 g/mol. The lowest BCUT2D eigenvalue weighted by Crippen LogP contribution is -2.08. The van der Waals surface area contributed by atoms with Crippen LogP contribution in [0, 0.1) is 11.6 Å². The lowest BCUT2D eigenvalue weighted by molar-refractivity contribution is 0.160. The summed E-state index contributed by atoms with van der Waals surface area (Å²) in [5.74, 6) is -1.36. The fraction of sp³-hybridized carbons (Fsp3) is 0.143. The zero-order valence-electron chi connectivity index (χ0n) is 5.94. The van der Waals surface area contributed by atoms with E-state index in [0.717, 1.165) is 6.07 Å². The summed E-state index contributed by atoms with van der Waals surface area (Å²) in [5.41, 5.74) is 1.99. The van der Waals surface area contributed by atoms with Crippen LogP contribution in [-0.2, 0) is 6.54 Å². The second kappa shape index (κ2) is 3.93. The zero-order chi connectivity index (χ0) is 9.14. The summed E-state index contributed by atoms with van der Waals surface area (Å²) in [6.45, 7) is -0.0509. The van der Waals surface area contributed by atoms with Gasteiger partial charge in [-0.25, -0.2) is 14.3 Å². The molecule has 0 unspecified atom stereocenters. The molecule has 0 spiro atoms. The highest BCUT2D eigenvalue weighted by Gasteiger charge is 2.09. The Kier molecular flexibility index (Phi) is 3.13. The van der Waals surface area contributed by atoms with Gasteiger partial charge in [0.25, 0.3) is 0 Å². The van der Waals surface area contributed by atoms with Gasteiger partial charge in [-0.15, -0.1) is 0 Å². The quantitative estimate of drug-likeness (QED) is 0.611. The van der Waals surface area contributed by atoms with Crippen LogP contribution in [0.3, 0.4) is 0 Å². The summed E-state index contributed by atoms with van der Waals surface area (Å²) in [4.78, 5) is 0. The first kappa shape index (κ1) is 9.57. The van der Waals surface area contributed by atoms with Crippen molar-refractivity contribution in [1.82, 2.24) is 5.48 Å². The third-order valence-electron chi connectivity index (χ3n) is 1.38. The molecule has 0 aliphatic rings. The van der Waals surface area contributed by atoms with E-state index in [9.17, 15) is 8.78 Å². The molecular formula is C7H6BrF2NO. The molecule has 0 amide bonds. The van der Waals surface area contributed by atoms with Crippen LogP contribution in [0.2, 0.25) is 0 Å². The monoisotopic (exact) mass is 237 g/mol. The van der Waals surface area contributed by atoms with E-state index >= 15 is 0 Å². The SMILES string of the molecule is ONCc1ccc(F)c(Br)c1F. The van der Waals surface area contributed by atoms with Gasteiger partial charge in [0.2, 0.25) is 0 Å². The van der Waals surface area contributed by atoms with Crippen molar-refractivity contribution in [3.63, 3.8) is 0 Å². The summed E-state index contributed by atoms with van der Waals surface area (Å²) in [7, 11) is 0. The minimum absolute atomic E-state index is 0.0509. The van der Waals surface area contributed by atoms with Crippen LogP contribution >= 0.6 is 15.9 Å². The van der Waals surface area contributed by atoms with Gasteiger partial charge in [-0.1, -0.05) is 6.07 Å². The second-order valence-corrected chi connectivity index (χ2v) is 2.96. The standard InChI is InChI=1S/C7H6BrF2NO/c8-6-5(9)2-1-4(3-11-12)7(6)10/h1-2,11-12H,3H2. The van der Waals surface area contributed by atoms with Crippen LogP contribution < -0.4 is 5.48 Å². The first-order valence-electron chi connectivity index (χ1n) is 3.16. The maximum absolute atomic E-state index is 13.0. The van der Waals surface area contributed by atoms with E-state index in [4.69, 9.17) is 5.21 Å². The topological polar surface area (TPSA) is 32.3 Å². The molecular weight excluding hydrogens is 232 g/mol. The lowest BCUT2D eigenvalue weighted by atomic mass is 10.2. The molecule has 0 saturated heterocycles. The first-order chi connectivity index (χ1) is 5.66. The fourth-order valence-electron chi connectivity index (χ4n) is 0.788. The van der Waals surface area contributed by atoms with Gasteiger partial charge in [0, 0.05) is 12.1 Å². The third-order valence-corrected chi connectivity index (χ3v) is 2.11. The number of nitrogens with one attached hydrogen (secondary N) is 1. The van der Waals surface area contributed by atoms with Crippen molar-refractivity contribution in [2.75, 3.05) is 0 Å². The predicted octanol–water partition coefficient (Wildman–Crippen LogP) is 2.21. The van der Waals surface area contributed by atoms with E-state index in [0.29, 0.717) is 0 Å². The summed E-state index contributed by atoms with van der Waals surface area (Å²) in [6.07, 6.45) is 0. The molecule has 0 bridgehead atoms. The molecule has 0 aliphatic carbocycles. The Bertz CT molecular complexity index is 293. The molecule has 2 N–H and O–H groups in total. The lowest BCUT2D eigenvalue weighted by Gasteiger charge is -2.03. The second-order valence-electron chi connectivity index (χ2n) is 2.17. The largest absolute Gasteiger partial charge is 0.316 e. The van der Waals surface area contributed by atoms with Crippen molar-refractivity contribution in [3.8, 4) is 0 Å². The van der Waals surface area contributed by atoms with E-state index < -0.39 is 11.6 Å². The Morgan fingerprint density at radius 3 is 2.67 bits per heavy atom. The molecule has 0 saturated carbocycles. The first-order valence-corrected chi connectivity index (χ1v) is 3.95. The fourth-order valence-corrected chi connectivity index (χ4v) is 1.17. The minimum atomic E-state index is -0.698. The van der Waals surface area contributed by atoms with Gasteiger partial charge in [0.05, 0.1) is 4.47 Å². The Morgan fingerprint density at radius 1 is 1.42 bits per heavy atom. The average Bonchev–Trinajstić information content (AvgIpc) is 2.07. The van der Waals surface area contributed by atoms with E-state index in [2.05, 4.69) is 15.9 Å². The number of halogens is 3. The Hall–Kier alpha value is -0.520. The molecule has 0 heterocycles. The highest BCUT2D eigenvalue weighted by molar-refractivity contribution is 9.10. The summed E-state index contributed by atoms with van der Waals surface area (Å²) >= 11 is 2.74. The molecule has 0 radical (unpaired) electrons. The van der Waals surface area contributed by atoms with Crippen LogP contribution in [0.1, 0.15) is 5.56 Å². The summed E-state index contributed by atoms with van der Waals surface area (Å²) < 4.78 is 25.4. The maximum atomic E-state index is 13.0. The van der Waals surface area contributed by atoms with Crippen LogP contribution in [0.4, 0.5) is 8.78 Å². The summed E-state index contributed by atoms with van der Waals surface area (Å²) in [5, 5.41) is 8.28. The van der Waals surface area contributed by atoms with Crippen molar-refractivity contribution >= 4 is 15.9 Å². The maximum Gasteiger partial charge on any atom is 0.144 e. The van der Waals surface area contributed by atoms with Crippen molar-refractivity contribution in [2.24, 2.45) is 0 Å². The highest BCUT2D eigenvalue weighted by Crippen LogP contribution is 2.22. The molecule has 0 aromatic heterocycles. The van der Waals surface area contributed by atoms with E-state index in [1.807, 2.05) is 0 Å². The third kappa shape index (κ3) is 1.80. The molecule has 1 aromatic rings. The van der Waals surface area contributed by atoms with Crippen LogP contribution in [0.15, 0.2) is 16.6 Å². The smallest absolute Gasteiger partial charge is 0.144 e. The van der Waals surface area contributed by atoms with Gasteiger partial charge in [0.15, 0.2) is 0 Å². The van der Waals surface area contributed by atoms with Crippen molar-refractivity contribution in [1.29, 1.82) is 0 Å². The van der Waals surface area contributed by atoms with Gasteiger partial charge in [-0.2, -0.15) is 0 Å². The van der Waals surface area contributed by atoms with E-state index in [-0.39, 0.29) is 16.6 Å². The molecule has 1 aromatic carbocycles. The normalized spacial score (nSPS) is 10.3. The van der Waals surface area contributed by atoms with Crippen LogP contribution in [0.25, 0.3) is 0 Å². The van der Waals surface area contributed by atoms with Gasteiger partial charge < -0.3 is 5.21 Å². The molecule has 0 aliphatic heterocycles. The molecule has 12 heavy (non-hydrogen) atoms. The van der Waals surface area contributed by atoms with Gasteiger partial charge in [-0.3, -0.25) is 0 Å². The van der Waals surface area contributed by atoms with Crippen LogP contribution in [-0.4, -0.2) is 5.21 Å². The van der Waals surface area contributed by atoms with Crippen molar-refractivity contribution in [3.05, 3.63) is 33.8 Å². The Morgan fingerprint density at radius 2 is 2.08 bits per heavy atom. The van der Waals surface area contributed by atoms with Gasteiger partial charge in [-0.05, 0) is 22.0 Å². The van der Waals surface area contributed by atoms with Crippen molar-refractivity contribution < 1.29 is 14.0 Å². The van der Waals surface area contributed by atoms with Gasteiger partial charge in [0.1, 0.15) is 11.6 Å². The van der Waals surface area contributed by atoms with Gasteiger partial charge >= 0.3 is 0 Å². The number of hydrogen-bond donors (Lipinski definition) is 2. The van der Waals surface area contributed by atoms with Crippen LogP contribution in [0.5, 0.6) is 0 Å². The number of hydroxylamine groups is 1. The molecule has 0 atom stereocenters. The molecule has 0 fully saturated rings. The van der Waals surface area contributed by atoms with E-state index in [1.54, 1.807) is 5.48 Å². The zero-order valence-corrected chi connectivity index (χ0v) is 7.53. The molecule has 1 rings (SSSR count). The Balaban J connectivity index is 3.08. The van der Waals surface area contributed by atoms with Crippen molar-refractivity contribution in [2.45, 2.75) is 6.54 Å². The van der Waals surface area contributed by atoms with E-state index in [1.165, 1.54) is 6.07 Å². The predicted molar refractivity (Wildman–Crippen MR) is 42.7 cm³/mol. The molecule has 66 valence electrons. The number of hydrogen-bond acceptors (Lipinski definition) is 2. The minimum Gasteiger partial charge on any atom is -0.316 e. The summed E-state index contributed by atoms with van der Waals surface area (Å²) in [6, 6.07) is 2.39. The highest BCUT2D eigenvalue weighted by atomic mass is 79.9. The number of benzene rings is 1. The molecule has 5 heteroatoms. The molecule has 2 nitrogen and oxygen atoms in total. The Labute approximate surface area is 76.3 Å².